The maximum atomic E-state index is 5.43. The number of benzene rings is 1. The SMILES string of the molecule is CCC1(CNCc2ccnn2-c2ccccc2OC)COC1. The lowest BCUT2D eigenvalue weighted by Crippen LogP contribution is -2.49. The Hall–Kier alpha value is -1.85. The molecular formula is C17H23N3O2. The zero-order valence-electron chi connectivity index (χ0n) is 13.2. The lowest BCUT2D eigenvalue weighted by Gasteiger charge is -2.41. The minimum Gasteiger partial charge on any atom is -0.494 e. The predicted molar refractivity (Wildman–Crippen MR) is 85.4 cm³/mol. The van der Waals surface area contributed by atoms with Crippen LogP contribution < -0.4 is 10.1 Å². The second kappa shape index (κ2) is 6.50. The van der Waals surface area contributed by atoms with Crippen LogP contribution >= 0.6 is 0 Å². The van der Waals surface area contributed by atoms with Gasteiger partial charge >= 0.3 is 0 Å². The molecule has 3 rings (SSSR count). The first-order chi connectivity index (χ1) is 10.8. The lowest BCUT2D eigenvalue weighted by molar-refractivity contribution is -0.113. The average Bonchev–Trinajstić information content (AvgIpc) is 2.98. The average molecular weight is 301 g/mol. The van der Waals surface area contributed by atoms with Gasteiger partial charge in [0.1, 0.15) is 11.4 Å². The molecule has 0 radical (unpaired) electrons. The van der Waals surface area contributed by atoms with E-state index in [9.17, 15) is 0 Å². The molecule has 0 saturated carbocycles. The second-order valence-corrected chi connectivity index (χ2v) is 5.86. The van der Waals surface area contributed by atoms with Gasteiger partial charge in [0.05, 0.1) is 26.0 Å². The molecule has 5 heteroatoms. The van der Waals surface area contributed by atoms with E-state index in [1.807, 2.05) is 41.2 Å². The van der Waals surface area contributed by atoms with Crippen molar-refractivity contribution < 1.29 is 9.47 Å². The van der Waals surface area contributed by atoms with Crippen molar-refractivity contribution >= 4 is 0 Å². The van der Waals surface area contributed by atoms with E-state index >= 15 is 0 Å². The van der Waals surface area contributed by atoms with Crippen LogP contribution in [0.2, 0.25) is 0 Å². The van der Waals surface area contributed by atoms with Crippen LogP contribution in [0.1, 0.15) is 19.0 Å². The van der Waals surface area contributed by atoms with Crippen LogP contribution in [0.4, 0.5) is 0 Å². The Morgan fingerprint density at radius 3 is 2.82 bits per heavy atom. The monoisotopic (exact) mass is 301 g/mol. The lowest BCUT2D eigenvalue weighted by atomic mass is 9.83. The number of hydrogen-bond acceptors (Lipinski definition) is 4. The molecule has 1 aliphatic heterocycles. The maximum absolute atomic E-state index is 5.43. The summed E-state index contributed by atoms with van der Waals surface area (Å²) in [7, 11) is 1.68. The number of ether oxygens (including phenoxy) is 2. The van der Waals surface area contributed by atoms with E-state index in [2.05, 4.69) is 17.3 Å². The molecule has 0 aliphatic carbocycles. The zero-order valence-corrected chi connectivity index (χ0v) is 13.2. The van der Waals surface area contributed by atoms with E-state index in [0.29, 0.717) is 5.41 Å². The zero-order chi connectivity index (χ0) is 15.4. The van der Waals surface area contributed by atoms with Gasteiger partial charge in [-0.25, -0.2) is 4.68 Å². The molecule has 2 heterocycles. The molecule has 1 saturated heterocycles. The minimum absolute atomic E-state index is 0.315. The first-order valence-electron chi connectivity index (χ1n) is 7.73. The van der Waals surface area contributed by atoms with Gasteiger partial charge in [-0.1, -0.05) is 19.1 Å². The number of nitrogens with one attached hydrogen (secondary N) is 1. The van der Waals surface area contributed by atoms with E-state index in [1.165, 1.54) is 0 Å². The Morgan fingerprint density at radius 2 is 2.14 bits per heavy atom. The van der Waals surface area contributed by atoms with Gasteiger partial charge in [-0.3, -0.25) is 0 Å². The third kappa shape index (κ3) is 2.87. The van der Waals surface area contributed by atoms with Crippen molar-refractivity contribution in [3.63, 3.8) is 0 Å². The summed E-state index contributed by atoms with van der Waals surface area (Å²) < 4.78 is 12.7. The van der Waals surface area contributed by atoms with Crippen molar-refractivity contribution in [2.24, 2.45) is 5.41 Å². The highest BCUT2D eigenvalue weighted by Crippen LogP contribution is 2.30. The third-order valence-corrected chi connectivity index (χ3v) is 4.41. The van der Waals surface area contributed by atoms with Crippen molar-refractivity contribution in [1.29, 1.82) is 0 Å². The van der Waals surface area contributed by atoms with E-state index in [4.69, 9.17) is 9.47 Å². The van der Waals surface area contributed by atoms with Crippen LogP contribution in [0, 0.1) is 5.41 Å². The molecule has 1 fully saturated rings. The van der Waals surface area contributed by atoms with Crippen molar-refractivity contribution in [2.75, 3.05) is 26.9 Å². The standard InChI is InChI=1S/C17H23N3O2/c1-3-17(12-22-13-17)11-18-10-14-8-9-19-20(14)15-6-4-5-7-16(15)21-2/h4-9,18H,3,10-13H2,1-2H3. The number of rotatable bonds is 7. The van der Waals surface area contributed by atoms with Crippen LogP contribution in [-0.2, 0) is 11.3 Å². The Morgan fingerprint density at radius 1 is 1.32 bits per heavy atom. The fraction of sp³-hybridized carbons (Fsp3) is 0.471. The predicted octanol–water partition coefficient (Wildman–Crippen LogP) is 2.40. The number of methoxy groups -OCH3 is 1. The van der Waals surface area contributed by atoms with Gasteiger partial charge in [0, 0.05) is 24.7 Å². The third-order valence-electron chi connectivity index (χ3n) is 4.41. The van der Waals surface area contributed by atoms with Crippen molar-refractivity contribution in [3.8, 4) is 11.4 Å². The van der Waals surface area contributed by atoms with Gasteiger partial charge in [-0.15, -0.1) is 0 Å². The fourth-order valence-electron chi connectivity index (χ4n) is 2.76. The molecule has 118 valence electrons. The highest BCUT2D eigenvalue weighted by molar-refractivity contribution is 5.46. The summed E-state index contributed by atoms with van der Waals surface area (Å²) in [5, 5.41) is 7.98. The summed E-state index contributed by atoms with van der Waals surface area (Å²) in [6, 6.07) is 9.96. The molecule has 0 atom stereocenters. The van der Waals surface area contributed by atoms with E-state index in [0.717, 1.165) is 49.9 Å². The van der Waals surface area contributed by atoms with Crippen LogP contribution in [0.25, 0.3) is 5.69 Å². The van der Waals surface area contributed by atoms with Gasteiger partial charge in [0.2, 0.25) is 0 Å². The largest absolute Gasteiger partial charge is 0.494 e. The van der Waals surface area contributed by atoms with Gasteiger partial charge in [0.25, 0.3) is 0 Å². The highest BCUT2D eigenvalue weighted by Gasteiger charge is 2.36. The second-order valence-electron chi connectivity index (χ2n) is 5.86. The van der Waals surface area contributed by atoms with Crippen molar-refractivity contribution in [3.05, 3.63) is 42.2 Å². The molecule has 5 nitrogen and oxygen atoms in total. The summed E-state index contributed by atoms with van der Waals surface area (Å²) in [5.74, 6) is 0.824. The van der Waals surface area contributed by atoms with Crippen LogP contribution in [0.15, 0.2) is 36.5 Å². The fourth-order valence-corrected chi connectivity index (χ4v) is 2.76. The summed E-state index contributed by atoms with van der Waals surface area (Å²) in [6.45, 7) is 5.70. The van der Waals surface area contributed by atoms with Crippen molar-refractivity contribution in [2.45, 2.75) is 19.9 Å². The summed E-state index contributed by atoms with van der Waals surface area (Å²) in [4.78, 5) is 0. The minimum atomic E-state index is 0.315. The van der Waals surface area contributed by atoms with Gasteiger partial charge < -0.3 is 14.8 Å². The van der Waals surface area contributed by atoms with E-state index in [1.54, 1.807) is 7.11 Å². The molecule has 1 aliphatic rings. The number of nitrogens with zero attached hydrogens (tertiary/aromatic N) is 2. The molecule has 0 unspecified atom stereocenters. The summed E-state index contributed by atoms with van der Waals surface area (Å²) in [6.07, 6.45) is 2.97. The van der Waals surface area contributed by atoms with Gasteiger partial charge in [-0.05, 0) is 24.6 Å². The quantitative estimate of drug-likeness (QED) is 0.853. The van der Waals surface area contributed by atoms with Gasteiger partial charge in [-0.2, -0.15) is 5.10 Å². The van der Waals surface area contributed by atoms with E-state index < -0.39 is 0 Å². The van der Waals surface area contributed by atoms with Crippen LogP contribution in [0.5, 0.6) is 5.75 Å². The molecule has 1 N–H and O–H groups in total. The highest BCUT2D eigenvalue weighted by atomic mass is 16.5. The van der Waals surface area contributed by atoms with Crippen molar-refractivity contribution in [1.82, 2.24) is 15.1 Å². The first kappa shape index (κ1) is 15.1. The van der Waals surface area contributed by atoms with Crippen LogP contribution in [0.3, 0.4) is 0 Å². The molecular weight excluding hydrogens is 278 g/mol. The number of para-hydroxylation sites is 2. The Bertz CT molecular complexity index is 614. The molecule has 1 aromatic heterocycles. The summed E-state index contributed by atoms with van der Waals surface area (Å²) >= 11 is 0. The Labute approximate surface area is 131 Å². The Balaban J connectivity index is 1.70. The molecule has 0 spiro atoms. The molecule has 0 bridgehead atoms. The van der Waals surface area contributed by atoms with E-state index in [-0.39, 0.29) is 0 Å². The Kier molecular flexibility index (Phi) is 4.45. The first-order valence-corrected chi connectivity index (χ1v) is 7.73. The molecule has 2 aromatic rings. The topological polar surface area (TPSA) is 48.3 Å². The molecule has 1 aromatic carbocycles. The smallest absolute Gasteiger partial charge is 0.144 e. The molecule has 0 amide bonds. The number of hydrogen-bond donors (Lipinski definition) is 1. The normalized spacial score (nSPS) is 16.3. The van der Waals surface area contributed by atoms with Gasteiger partial charge in [0.15, 0.2) is 0 Å². The summed E-state index contributed by atoms with van der Waals surface area (Å²) in [5.41, 5.74) is 2.40. The number of aromatic nitrogens is 2. The maximum Gasteiger partial charge on any atom is 0.144 e. The molecule has 22 heavy (non-hydrogen) atoms. The van der Waals surface area contributed by atoms with Crippen LogP contribution in [-0.4, -0.2) is 36.6 Å².